The maximum absolute atomic E-state index is 13.0. The predicted molar refractivity (Wildman–Crippen MR) is 130 cm³/mol. The Morgan fingerprint density at radius 1 is 1.06 bits per heavy atom. The molecule has 1 fully saturated rings. The van der Waals surface area contributed by atoms with E-state index in [-0.39, 0.29) is 11.6 Å². The molecule has 0 spiro atoms. The average molecular weight is 496 g/mol. The molecule has 0 N–H and O–H groups in total. The zero-order valence-corrected chi connectivity index (χ0v) is 20.4. The molecule has 1 aromatic carbocycles. The van der Waals surface area contributed by atoms with Crippen molar-refractivity contribution >= 4 is 5.82 Å². The molecule has 4 heterocycles. The maximum atomic E-state index is 13.0. The number of oxazole rings is 1. The number of hydrogen-bond acceptors (Lipinski definition) is 8. The van der Waals surface area contributed by atoms with E-state index in [9.17, 15) is 8.78 Å². The van der Waals surface area contributed by atoms with E-state index in [2.05, 4.69) is 47.7 Å². The molecule has 5 rings (SSSR count). The zero-order chi connectivity index (χ0) is 25.3. The van der Waals surface area contributed by atoms with Gasteiger partial charge < -0.3 is 19.0 Å². The van der Waals surface area contributed by atoms with Crippen molar-refractivity contribution in [1.82, 2.24) is 29.6 Å². The summed E-state index contributed by atoms with van der Waals surface area (Å²) in [7, 11) is 2.13. The minimum atomic E-state index is -3.24. The van der Waals surface area contributed by atoms with Gasteiger partial charge in [0.2, 0.25) is 5.82 Å². The van der Waals surface area contributed by atoms with Gasteiger partial charge >= 0.3 is 6.11 Å². The van der Waals surface area contributed by atoms with Crippen LogP contribution >= 0.6 is 0 Å². The molecule has 1 saturated heterocycles. The fourth-order valence-electron chi connectivity index (χ4n) is 4.01. The summed E-state index contributed by atoms with van der Waals surface area (Å²) in [6.45, 7) is 7.05. The summed E-state index contributed by atoms with van der Waals surface area (Å²) in [6.07, 6.45) is 0.140. The third kappa shape index (κ3) is 5.51. The van der Waals surface area contributed by atoms with Crippen molar-refractivity contribution in [3.8, 4) is 28.8 Å². The number of benzene rings is 1. The van der Waals surface area contributed by atoms with E-state index in [0.717, 1.165) is 43.4 Å². The van der Waals surface area contributed by atoms with Crippen LogP contribution in [0.5, 0.6) is 5.75 Å². The van der Waals surface area contributed by atoms with Crippen LogP contribution in [0.15, 0.2) is 53.2 Å². The quantitative estimate of drug-likeness (QED) is 0.379. The number of alkyl halides is 2. The average Bonchev–Trinajstić information content (AvgIpc) is 3.47. The Balaban J connectivity index is 1.29. The smallest absolute Gasteiger partial charge is 0.394 e. The highest BCUT2D eigenvalue weighted by Gasteiger charge is 2.23. The lowest BCUT2D eigenvalue weighted by molar-refractivity contribution is -0.158. The van der Waals surface area contributed by atoms with Crippen LogP contribution in [0.25, 0.3) is 23.0 Å². The summed E-state index contributed by atoms with van der Waals surface area (Å²) in [5.41, 5.74) is 1.75. The van der Waals surface area contributed by atoms with Gasteiger partial charge in [-0.2, -0.15) is 8.78 Å². The molecular formula is C25H27F2N7O2. The normalized spacial score (nSPS) is 14.9. The van der Waals surface area contributed by atoms with Crippen LogP contribution < -0.4 is 9.64 Å². The zero-order valence-electron chi connectivity index (χ0n) is 20.4. The number of pyridine rings is 1. The first-order chi connectivity index (χ1) is 17.2. The van der Waals surface area contributed by atoms with Crippen LogP contribution in [-0.2, 0) is 6.54 Å². The summed E-state index contributed by atoms with van der Waals surface area (Å²) >= 11 is 0. The molecule has 9 nitrogen and oxygen atoms in total. The van der Waals surface area contributed by atoms with Gasteiger partial charge in [0.1, 0.15) is 17.4 Å². The predicted octanol–water partition coefficient (Wildman–Crippen LogP) is 4.10. The Hall–Kier alpha value is -3.86. The third-order valence-electron chi connectivity index (χ3n) is 5.96. The number of ether oxygens (including phenoxy) is 1. The Bertz CT molecular complexity index is 1320. The van der Waals surface area contributed by atoms with Gasteiger partial charge in [0.25, 0.3) is 5.89 Å². The van der Waals surface area contributed by atoms with Gasteiger partial charge in [0, 0.05) is 44.9 Å². The molecule has 0 saturated carbocycles. The monoisotopic (exact) mass is 495 g/mol. The van der Waals surface area contributed by atoms with Crippen molar-refractivity contribution in [3.05, 3.63) is 60.2 Å². The van der Waals surface area contributed by atoms with Crippen molar-refractivity contribution in [2.45, 2.75) is 26.5 Å². The molecule has 4 aromatic rings. The van der Waals surface area contributed by atoms with E-state index in [0.29, 0.717) is 30.6 Å². The van der Waals surface area contributed by atoms with Crippen LogP contribution in [0.3, 0.4) is 0 Å². The minimum Gasteiger partial charge on any atom is -0.434 e. The highest BCUT2D eigenvalue weighted by atomic mass is 19.3. The highest BCUT2D eigenvalue weighted by molar-refractivity contribution is 5.59. The number of aryl methyl sites for hydroxylation is 1. The van der Waals surface area contributed by atoms with E-state index in [1.165, 1.54) is 12.1 Å². The molecule has 36 heavy (non-hydrogen) atoms. The van der Waals surface area contributed by atoms with Gasteiger partial charge in [0.05, 0.1) is 12.7 Å². The lowest BCUT2D eigenvalue weighted by Gasteiger charge is -2.33. The summed E-state index contributed by atoms with van der Waals surface area (Å²) in [4.78, 5) is 18.0. The number of halogens is 2. The molecular weight excluding hydrogens is 468 g/mol. The number of rotatable bonds is 7. The molecule has 188 valence electrons. The summed E-state index contributed by atoms with van der Waals surface area (Å²) < 4.78 is 38.3. The Morgan fingerprint density at radius 3 is 2.53 bits per heavy atom. The lowest BCUT2D eigenvalue weighted by Crippen LogP contribution is -2.44. The Kier molecular flexibility index (Phi) is 6.40. The van der Waals surface area contributed by atoms with E-state index < -0.39 is 6.11 Å². The van der Waals surface area contributed by atoms with E-state index in [1.807, 2.05) is 19.2 Å². The van der Waals surface area contributed by atoms with Gasteiger partial charge in [-0.1, -0.05) is 0 Å². The number of hydrogen-bond donors (Lipinski definition) is 0. The van der Waals surface area contributed by atoms with Gasteiger partial charge in [-0.3, -0.25) is 0 Å². The van der Waals surface area contributed by atoms with Gasteiger partial charge in [-0.25, -0.2) is 19.6 Å². The second-order valence-electron chi connectivity index (χ2n) is 8.92. The number of anilines is 1. The Morgan fingerprint density at radius 2 is 1.81 bits per heavy atom. The summed E-state index contributed by atoms with van der Waals surface area (Å²) in [6, 6.07) is 10.2. The summed E-state index contributed by atoms with van der Waals surface area (Å²) in [5.74, 6) is 2.88. The first kappa shape index (κ1) is 23.9. The van der Waals surface area contributed by atoms with Gasteiger partial charge in [0.15, 0.2) is 5.76 Å². The summed E-state index contributed by atoms with van der Waals surface area (Å²) in [5, 5.41) is 4.59. The maximum Gasteiger partial charge on any atom is 0.394 e. The van der Waals surface area contributed by atoms with Crippen LogP contribution in [0.1, 0.15) is 18.3 Å². The van der Waals surface area contributed by atoms with E-state index in [1.54, 1.807) is 23.0 Å². The standard InChI is InChI=1S/C25H27F2N7O2/c1-17-30-23(24-29-15-21(35-24)19-4-6-20(7-5-19)36-25(2,26)27)31-34(17)16-18-8-9-28-22(14-18)33-12-10-32(3)11-13-33/h4-9,14-15H,10-13,16H2,1-3H3. The third-order valence-corrected chi connectivity index (χ3v) is 5.96. The first-order valence-corrected chi connectivity index (χ1v) is 11.7. The second kappa shape index (κ2) is 9.65. The van der Waals surface area contributed by atoms with Crippen LogP contribution in [0.4, 0.5) is 14.6 Å². The topological polar surface area (TPSA) is 85.3 Å². The number of likely N-dealkylation sites (N-methyl/N-ethyl adjacent to an activating group) is 1. The van der Waals surface area contributed by atoms with Crippen molar-refractivity contribution in [2.24, 2.45) is 0 Å². The minimum absolute atomic E-state index is 0.0638. The highest BCUT2D eigenvalue weighted by Crippen LogP contribution is 2.28. The SMILES string of the molecule is Cc1nc(-c2ncc(-c3ccc(OC(C)(F)F)cc3)o2)nn1Cc1ccnc(N2CCN(C)CC2)c1. The molecule has 3 aromatic heterocycles. The Labute approximate surface area is 207 Å². The first-order valence-electron chi connectivity index (χ1n) is 11.7. The molecule has 0 radical (unpaired) electrons. The largest absolute Gasteiger partial charge is 0.434 e. The lowest BCUT2D eigenvalue weighted by atomic mass is 10.2. The molecule has 0 unspecified atom stereocenters. The molecule has 1 aliphatic heterocycles. The van der Waals surface area contributed by atoms with Crippen LogP contribution in [0.2, 0.25) is 0 Å². The number of piperazine rings is 1. The molecule has 0 amide bonds. The van der Waals surface area contributed by atoms with Gasteiger partial charge in [-0.15, -0.1) is 5.10 Å². The molecule has 0 atom stereocenters. The van der Waals surface area contributed by atoms with Crippen molar-refractivity contribution in [1.29, 1.82) is 0 Å². The number of nitrogens with zero attached hydrogens (tertiary/aromatic N) is 7. The van der Waals surface area contributed by atoms with E-state index in [4.69, 9.17) is 4.42 Å². The van der Waals surface area contributed by atoms with Crippen LogP contribution in [-0.4, -0.2) is 69.0 Å². The fourth-order valence-corrected chi connectivity index (χ4v) is 4.01. The van der Waals surface area contributed by atoms with Crippen LogP contribution in [0, 0.1) is 6.92 Å². The molecule has 11 heteroatoms. The molecule has 0 aliphatic carbocycles. The molecule has 1 aliphatic rings. The second-order valence-corrected chi connectivity index (χ2v) is 8.92. The van der Waals surface area contributed by atoms with Gasteiger partial charge in [-0.05, 0) is 55.9 Å². The van der Waals surface area contributed by atoms with Crippen molar-refractivity contribution < 1.29 is 17.9 Å². The van der Waals surface area contributed by atoms with Crippen molar-refractivity contribution in [3.63, 3.8) is 0 Å². The number of aromatic nitrogens is 5. The fraction of sp³-hybridized carbons (Fsp3) is 0.360. The van der Waals surface area contributed by atoms with E-state index >= 15 is 0 Å². The molecule has 0 bridgehead atoms. The van der Waals surface area contributed by atoms with Crippen molar-refractivity contribution in [2.75, 3.05) is 38.1 Å².